The van der Waals surface area contributed by atoms with E-state index in [1.165, 1.54) is 6.33 Å². The molecule has 1 aromatic heterocycles. The second kappa shape index (κ2) is 8.82. The van der Waals surface area contributed by atoms with E-state index in [0.717, 1.165) is 19.5 Å². The molecule has 6 nitrogen and oxygen atoms in total. The van der Waals surface area contributed by atoms with Crippen LogP contribution in [-0.4, -0.2) is 48.0 Å². The number of hydrogen-bond donors (Lipinski definition) is 2. The number of nitrogens with zero attached hydrogens (tertiary/aromatic N) is 3. The number of hydrogen-bond acceptors (Lipinski definition) is 5. The van der Waals surface area contributed by atoms with Crippen molar-refractivity contribution in [3.05, 3.63) is 46.3 Å². The molecule has 0 aliphatic rings. The minimum atomic E-state index is -0.341. The van der Waals surface area contributed by atoms with Gasteiger partial charge < -0.3 is 15.5 Å². The third-order valence-corrected chi connectivity index (χ3v) is 3.90. The van der Waals surface area contributed by atoms with E-state index in [4.69, 9.17) is 23.2 Å². The summed E-state index contributed by atoms with van der Waals surface area (Å²) in [6, 6.07) is 6.50. The van der Waals surface area contributed by atoms with E-state index in [9.17, 15) is 4.79 Å². The van der Waals surface area contributed by atoms with Crippen LogP contribution in [0.1, 0.15) is 16.9 Å². The molecule has 24 heavy (non-hydrogen) atoms. The van der Waals surface area contributed by atoms with Crippen LogP contribution in [0.5, 0.6) is 0 Å². The second-order valence-corrected chi connectivity index (χ2v) is 6.27. The fourth-order valence-corrected chi connectivity index (χ4v) is 2.26. The highest BCUT2D eigenvalue weighted by Crippen LogP contribution is 2.25. The average Bonchev–Trinajstić information content (AvgIpc) is 2.55. The van der Waals surface area contributed by atoms with Crippen molar-refractivity contribution in [1.82, 2.24) is 14.9 Å². The van der Waals surface area contributed by atoms with Crippen molar-refractivity contribution < 1.29 is 4.79 Å². The van der Waals surface area contributed by atoms with Crippen molar-refractivity contribution in [2.24, 2.45) is 0 Å². The minimum Gasteiger partial charge on any atom is -0.370 e. The molecular formula is C16H19Cl2N5O. The first-order valence-electron chi connectivity index (χ1n) is 7.43. The maximum absolute atomic E-state index is 12.3. The lowest BCUT2D eigenvalue weighted by Gasteiger charge is -2.10. The Morgan fingerprint density at radius 3 is 2.67 bits per heavy atom. The minimum absolute atomic E-state index is 0.270. The van der Waals surface area contributed by atoms with E-state index >= 15 is 0 Å². The summed E-state index contributed by atoms with van der Waals surface area (Å²) in [4.78, 5) is 22.5. The summed E-state index contributed by atoms with van der Waals surface area (Å²) >= 11 is 11.8. The third kappa shape index (κ3) is 5.63. The van der Waals surface area contributed by atoms with Gasteiger partial charge in [-0.15, -0.1) is 0 Å². The summed E-state index contributed by atoms with van der Waals surface area (Å²) in [6.45, 7) is 1.74. The van der Waals surface area contributed by atoms with Gasteiger partial charge in [0.2, 0.25) is 0 Å². The highest BCUT2D eigenvalue weighted by Gasteiger charge is 2.10. The molecule has 1 amide bonds. The first kappa shape index (κ1) is 18.4. The van der Waals surface area contributed by atoms with Gasteiger partial charge in [0.15, 0.2) is 0 Å². The molecule has 0 unspecified atom stereocenters. The Kier molecular flexibility index (Phi) is 6.78. The van der Waals surface area contributed by atoms with Crippen molar-refractivity contribution in [1.29, 1.82) is 0 Å². The second-order valence-electron chi connectivity index (χ2n) is 5.46. The molecule has 0 radical (unpaired) electrons. The van der Waals surface area contributed by atoms with E-state index < -0.39 is 0 Å². The molecule has 2 rings (SSSR count). The molecule has 2 N–H and O–H groups in total. The number of aromatic nitrogens is 2. The fraction of sp³-hybridized carbons (Fsp3) is 0.312. The Labute approximate surface area is 151 Å². The monoisotopic (exact) mass is 367 g/mol. The van der Waals surface area contributed by atoms with Gasteiger partial charge in [0.25, 0.3) is 5.91 Å². The number of carbonyl (C=O) groups is 1. The average molecular weight is 368 g/mol. The molecule has 0 aliphatic heterocycles. The summed E-state index contributed by atoms with van der Waals surface area (Å²) in [5, 5.41) is 6.72. The number of carbonyl (C=O) groups excluding carboxylic acids is 1. The first-order valence-corrected chi connectivity index (χ1v) is 8.18. The molecule has 0 bridgehead atoms. The van der Waals surface area contributed by atoms with Gasteiger partial charge in [-0.25, -0.2) is 9.97 Å². The Morgan fingerprint density at radius 2 is 1.96 bits per heavy atom. The Balaban J connectivity index is 1.96. The topological polar surface area (TPSA) is 70.2 Å². The first-order chi connectivity index (χ1) is 11.5. The lowest BCUT2D eigenvalue weighted by atomic mass is 10.3. The van der Waals surface area contributed by atoms with Gasteiger partial charge in [-0.1, -0.05) is 23.2 Å². The summed E-state index contributed by atoms with van der Waals surface area (Å²) in [5.74, 6) is 0.273. The number of rotatable bonds is 7. The predicted molar refractivity (Wildman–Crippen MR) is 98.1 cm³/mol. The Bertz CT molecular complexity index is 709. The summed E-state index contributed by atoms with van der Waals surface area (Å²) < 4.78 is 0. The summed E-state index contributed by atoms with van der Waals surface area (Å²) in [6.07, 6.45) is 2.33. The van der Waals surface area contributed by atoms with Crippen LogP contribution in [0.25, 0.3) is 0 Å². The molecule has 1 aromatic carbocycles. The van der Waals surface area contributed by atoms with Crippen LogP contribution < -0.4 is 10.6 Å². The van der Waals surface area contributed by atoms with Gasteiger partial charge in [-0.3, -0.25) is 4.79 Å². The molecule has 0 fully saturated rings. The molecular weight excluding hydrogens is 349 g/mol. The molecule has 1 heterocycles. The number of anilines is 2. The van der Waals surface area contributed by atoms with Gasteiger partial charge >= 0.3 is 0 Å². The fourth-order valence-electron chi connectivity index (χ4n) is 1.96. The maximum atomic E-state index is 12.3. The lowest BCUT2D eigenvalue weighted by molar-refractivity contribution is 0.102. The molecule has 0 atom stereocenters. The predicted octanol–water partition coefficient (Wildman–Crippen LogP) is 3.40. The number of nitrogens with one attached hydrogen (secondary N) is 2. The lowest BCUT2D eigenvalue weighted by Crippen LogP contribution is -2.17. The summed E-state index contributed by atoms with van der Waals surface area (Å²) in [7, 11) is 4.05. The van der Waals surface area contributed by atoms with Crippen molar-refractivity contribution in [2.75, 3.05) is 37.8 Å². The van der Waals surface area contributed by atoms with Crippen LogP contribution in [0.2, 0.25) is 10.0 Å². The van der Waals surface area contributed by atoms with Crippen molar-refractivity contribution in [2.45, 2.75) is 6.42 Å². The third-order valence-electron chi connectivity index (χ3n) is 3.17. The van der Waals surface area contributed by atoms with Crippen LogP contribution in [0.4, 0.5) is 11.5 Å². The van der Waals surface area contributed by atoms with Gasteiger partial charge in [0.05, 0.1) is 10.0 Å². The number of halogens is 2. The normalized spacial score (nSPS) is 10.7. The molecule has 0 saturated heterocycles. The number of benzene rings is 1. The van der Waals surface area contributed by atoms with Gasteiger partial charge in [-0.05, 0) is 45.3 Å². The van der Waals surface area contributed by atoms with Crippen molar-refractivity contribution in [3.8, 4) is 0 Å². The molecule has 128 valence electrons. The highest BCUT2D eigenvalue weighted by molar-refractivity contribution is 6.42. The molecule has 0 spiro atoms. The van der Waals surface area contributed by atoms with E-state index in [1.54, 1.807) is 24.3 Å². The van der Waals surface area contributed by atoms with Crippen LogP contribution in [0.3, 0.4) is 0 Å². The zero-order valence-corrected chi connectivity index (χ0v) is 15.0. The zero-order chi connectivity index (χ0) is 17.5. The van der Waals surface area contributed by atoms with Gasteiger partial charge in [0, 0.05) is 18.3 Å². The molecule has 2 aromatic rings. The van der Waals surface area contributed by atoms with E-state index in [-0.39, 0.29) is 11.6 Å². The van der Waals surface area contributed by atoms with Crippen molar-refractivity contribution >= 4 is 40.6 Å². The smallest absolute Gasteiger partial charge is 0.274 e. The maximum Gasteiger partial charge on any atom is 0.274 e. The van der Waals surface area contributed by atoms with Crippen LogP contribution in [0, 0.1) is 0 Å². The highest BCUT2D eigenvalue weighted by atomic mass is 35.5. The zero-order valence-electron chi connectivity index (χ0n) is 13.5. The largest absolute Gasteiger partial charge is 0.370 e. The van der Waals surface area contributed by atoms with Gasteiger partial charge in [0.1, 0.15) is 17.8 Å². The van der Waals surface area contributed by atoms with E-state index in [1.807, 2.05) is 14.1 Å². The summed E-state index contributed by atoms with van der Waals surface area (Å²) in [5.41, 5.74) is 0.819. The van der Waals surface area contributed by atoms with E-state index in [0.29, 0.717) is 21.6 Å². The standard InChI is InChI=1S/C16H19Cl2N5O/c1-23(2)7-3-6-19-15-9-14(20-10-21-15)16(24)22-11-4-5-12(17)13(18)8-11/h4-5,8-10H,3,6-7H2,1-2H3,(H,22,24)(H,19,20,21). The molecule has 0 saturated carbocycles. The quantitative estimate of drug-likeness (QED) is 0.733. The van der Waals surface area contributed by atoms with Crippen LogP contribution >= 0.6 is 23.2 Å². The molecule has 0 aliphatic carbocycles. The van der Waals surface area contributed by atoms with Crippen LogP contribution in [-0.2, 0) is 0 Å². The number of amides is 1. The van der Waals surface area contributed by atoms with Crippen molar-refractivity contribution in [3.63, 3.8) is 0 Å². The molecule has 8 heteroatoms. The van der Waals surface area contributed by atoms with Crippen LogP contribution in [0.15, 0.2) is 30.6 Å². The van der Waals surface area contributed by atoms with Gasteiger partial charge in [-0.2, -0.15) is 0 Å². The Hall–Kier alpha value is -1.89. The van der Waals surface area contributed by atoms with E-state index in [2.05, 4.69) is 25.5 Å². The SMILES string of the molecule is CN(C)CCCNc1cc(C(=O)Nc2ccc(Cl)c(Cl)c2)ncn1. The Morgan fingerprint density at radius 1 is 1.17 bits per heavy atom.